The lowest BCUT2D eigenvalue weighted by Gasteiger charge is -2.12. The van der Waals surface area contributed by atoms with Gasteiger partial charge in [0.05, 0.1) is 23.1 Å². The monoisotopic (exact) mass is 345 g/mol. The van der Waals surface area contributed by atoms with Crippen molar-refractivity contribution in [1.82, 2.24) is 4.98 Å². The first-order valence-electron chi connectivity index (χ1n) is 6.87. The zero-order chi connectivity index (χ0) is 17.3. The van der Waals surface area contributed by atoms with Crippen molar-refractivity contribution in [1.29, 1.82) is 0 Å². The largest absolute Gasteiger partial charge is 0.497 e. The Morgan fingerprint density at radius 2 is 1.92 bits per heavy atom. The minimum Gasteiger partial charge on any atom is -0.497 e. The molecule has 1 aromatic heterocycles. The van der Waals surface area contributed by atoms with Gasteiger partial charge in [-0.1, -0.05) is 11.8 Å². The van der Waals surface area contributed by atoms with Crippen LogP contribution in [0, 0.1) is 5.82 Å². The van der Waals surface area contributed by atoms with E-state index in [4.69, 9.17) is 4.74 Å². The van der Waals surface area contributed by atoms with Crippen molar-refractivity contribution in [2.24, 2.45) is 0 Å². The number of nitrogens with zero attached hydrogens (tertiary/aromatic N) is 1. The molecule has 0 unspecified atom stereocenters. The van der Waals surface area contributed by atoms with Crippen LogP contribution in [0.1, 0.15) is 10.4 Å². The fraction of sp³-hybridized carbons (Fsp3) is 0.0588. The fourth-order valence-corrected chi connectivity index (χ4v) is 3.21. The van der Waals surface area contributed by atoms with Crippen LogP contribution in [-0.4, -0.2) is 28.3 Å². The molecule has 3 rings (SSSR count). The molecule has 0 aliphatic heterocycles. The van der Waals surface area contributed by atoms with E-state index in [1.807, 2.05) is 0 Å². The number of aromatic carboxylic acids is 1. The molecule has 0 bridgehead atoms. The van der Waals surface area contributed by atoms with Gasteiger partial charge in [0, 0.05) is 10.3 Å². The van der Waals surface area contributed by atoms with Gasteiger partial charge in [-0.05, 0) is 42.5 Å². The van der Waals surface area contributed by atoms with Gasteiger partial charge >= 0.3 is 5.97 Å². The molecule has 0 atom stereocenters. The van der Waals surface area contributed by atoms with E-state index >= 15 is 0 Å². The van der Waals surface area contributed by atoms with E-state index in [0.29, 0.717) is 21.5 Å². The van der Waals surface area contributed by atoms with E-state index in [1.165, 1.54) is 31.4 Å². The summed E-state index contributed by atoms with van der Waals surface area (Å²) in [5.41, 5.74) is 0.264. The molecule has 2 N–H and O–H groups in total. The molecular formula is C17H12FNO4S. The summed E-state index contributed by atoms with van der Waals surface area (Å²) in [4.78, 5) is 16.5. The Kier molecular flexibility index (Phi) is 4.26. The number of aromatic hydroxyl groups is 1. The van der Waals surface area contributed by atoms with Crippen molar-refractivity contribution < 1.29 is 24.1 Å². The molecule has 7 heteroatoms. The summed E-state index contributed by atoms with van der Waals surface area (Å²) in [6, 6.07) is 10.3. The number of methoxy groups -OCH3 is 1. The molecule has 0 saturated heterocycles. The smallest absolute Gasteiger partial charge is 0.337 e. The van der Waals surface area contributed by atoms with Crippen LogP contribution in [-0.2, 0) is 0 Å². The van der Waals surface area contributed by atoms with Crippen LogP contribution in [0.15, 0.2) is 52.3 Å². The summed E-state index contributed by atoms with van der Waals surface area (Å²) in [6.07, 6.45) is 0. The molecule has 3 aromatic rings. The summed E-state index contributed by atoms with van der Waals surface area (Å²) in [6.45, 7) is 0. The van der Waals surface area contributed by atoms with Gasteiger partial charge in [-0.2, -0.15) is 0 Å². The number of aromatic nitrogens is 1. The molecule has 2 aromatic carbocycles. The number of halogens is 1. The zero-order valence-corrected chi connectivity index (χ0v) is 13.3. The molecule has 0 spiro atoms. The molecule has 0 saturated carbocycles. The van der Waals surface area contributed by atoms with Gasteiger partial charge in [0.15, 0.2) is 0 Å². The molecule has 0 aliphatic rings. The van der Waals surface area contributed by atoms with Crippen LogP contribution in [0.2, 0.25) is 0 Å². The summed E-state index contributed by atoms with van der Waals surface area (Å²) in [7, 11) is 1.48. The lowest BCUT2D eigenvalue weighted by molar-refractivity contribution is 0.0694. The number of hydrogen-bond acceptors (Lipinski definition) is 5. The number of ether oxygens (including phenoxy) is 1. The summed E-state index contributed by atoms with van der Waals surface area (Å²) >= 11 is 1.01. The number of carboxylic acids is 1. The maximum Gasteiger partial charge on any atom is 0.337 e. The van der Waals surface area contributed by atoms with E-state index in [0.717, 1.165) is 11.8 Å². The van der Waals surface area contributed by atoms with Crippen LogP contribution < -0.4 is 4.74 Å². The Balaban J connectivity index is 2.21. The molecule has 0 radical (unpaired) electrons. The zero-order valence-electron chi connectivity index (χ0n) is 12.5. The topological polar surface area (TPSA) is 79.7 Å². The first-order chi connectivity index (χ1) is 11.5. The molecule has 0 fully saturated rings. The normalized spacial score (nSPS) is 10.8. The van der Waals surface area contributed by atoms with Gasteiger partial charge < -0.3 is 14.9 Å². The molecule has 24 heavy (non-hydrogen) atoms. The van der Waals surface area contributed by atoms with E-state index in [-0.39, 0.29) is 16.3 Å². The van der Waals surface area contributed by atoms with Crippen molar-refractivity contribution in [2.75, 3.05) is 7.11 Å². The Hall–Kier alpha value is -2.80. The van der Waals surface area contributed by atoms with Crippen molar-refractivity contribution in [3.63, 3.8) is 0 Å². The Morgan fingerprint density at radius 3 is 2.54 bits per heavy atom. The highest BCUT2D eigenvalue weighted by molar-refractivity contribution is 7.99. The van der Waals surface area contributed by atoms with Gasteiger partial charge in [0.2, 0.25) is 5.88 Å². The third-order valence-corrected chi connectivity index (χ3v) is 4.48. The lowest BCUT2D eigenvalue weighted by Crippen LogP contribution is -2.02. The van der Waals surface area contributed by atoms with Crippen LogP contribution in [0.3, 0.4) is 0 Å². The van der Waals surface area contributed by atoms with Gasteiger partial charge in [-0.3, -0.25) is 0 Å². The number of fused-ring (bicyclic) bond motifs is 1. The van der Waals surface area contributed by atoms with Crippen molar-refractivity contribution in [2.45, 2.75) is 9.79 Å². The second-order valence-electron chi connectivity index (χ2n) is 4.88. The Labute approximate surface area is 140 Å². The minimum atomic E-state index is -1.20. The summed E-state index contributed by atoms with van der Waals surface area (Å²) in [5.74, 6) is -1.51. The van der Waals surface area contributed by atoms with Gasteiger partial charge in [0.1, 0.15) is 11.6 Å². The summed E-state index contributed by atoms with van der Waals surface area (Å²) < 4.78 is 18.2. The molecular weight excluding hydrogens is 333 g/mol. The second-order valence-corrected chi connectivity index (χ2v) is 5.97. The first kappa shape index (κ1) is 16.1. The average molecular weight is 345 g/mol. The SMILES string of the molecule is COc1ccc2nc(O)c(Sc3ccc(F)cc3)c(C(=O)O)c2c1. The predicted octanol–water partition coefficient (Wildman–Crippen LogP) is 3.94. The predicted molar refractivity (Wildman–Crippen MR) is 87.4 cm³/mol. The fourth-order valence-electron chi connectivity index (χ4n) is 2.27. The minimum absolute atomic E-state index is 0.0780. The van der Waals surface area contributed by atoms with Crippen molar-refractivity contribution in [3.05, 3.63) is 53.8 Å². The van der Waals surface area contributed by atoms with Crippen molar-refractivity contribution >= 4 is 28.6 Å². The highest BCUT2D eigenvalue weighted by Crippen LogP contribution is 2.40. The van der Waals surface area contributed by atoms with E-state index in [1.54, 1.807) is 18.2 Å². The third kappa shape index (κ3) is 2.98. The van der Waals surface area contributed by atoms with E-state index in [2.05, 4.69) is 4.98 Å². The van der Waals surface area contributed by atoms with Crippen LogP contribution >= 0.6 is 11.8 Å². The number of hydrogen-bond donors (Lipinski definition) is 2. The number of pyridine rings is 1. The van der Waals surface area contributed by atoms with E-state index < -0.39 is 11.8 Å². The maximum absolute atomic E-state index is 13.0. The van der Waals surface area contributed by atoms with Gasteiger partial charge in [0.25, 0.3) is 0 Å². The number of benzene rings is 2. The highest BCUT2D eigenvalue weighted by Gasteiger charge is 2.21. The number of carbonyl (C=O) groups is 1. The van der Waals surface area contributed by atoms with Crippen LogP contribution in [0.5, 0.6) is 11.6 Å². The van der Waals surface area contributed by atoms with Gasteiger partial charge in [-0.25, -0.2) is 14.2 Å². The average Bonchev–Trinajstić information content (AvgIpc) is 2.56. The lowest BCUT2D eigenvalue weighted by atomic mass is 10.1. The quantitative estimate of drug-likeness (QED) is 0.746. The first-order valence-corrected chi connectivity index (χ1v) is 7.68. The Morgan fingerprint density at radius 1 is 1.21 bits per heavy atom. The van der Waals surface area contributed by atoms with Crippen LogP contribution in [0.4, 0.5) is 4.39 Å². The highest BCUT2D eigenvalue weighted by atomic mass is 32.2. The van der Waals surface area contributed by atoms with E-state index in [9.17, 15) is 19.4 Å². The molecule has 0 amide bonds. The molecule has 5 nitrogen and oxygen atoms in total. The standard InChI is InChI=1S/C17H12FNO4S/c1-23-10-4-7-13-12(8-10)14(17(21)22)15(16(20)19-13)24-11-5-2-9(18)3-6-11/h2-8H,1H3,(H,19,20)(H,21,22). The second kappa shape index (κ2) is 6.37. The van der Waals surface area contributed by atoms with Crippen molar-refractivity contribution in [3.8, 4) is 11.6 Å². The maximum atomic E-state index is 13.0. The third-order valence-electron chi connectivity index (χ3n) is 3.38. The Bertz CT molecular complexity index is 928. The van der Waals surface area contributed by atoms with Gasteiger partial charge in [-0.15, -0.1) is 0 Å². The molecule has 122 valence electrons. The molecule has 1 heterocycles. The number of rotatable bonds is 4. The summed E-state index contributed by atoms with van der Waals surface area (Å²) in [5, 5.41) is 20.2. The van der Waals surface area contributed by atoms with Crippen LogP contribution in [0.25, 0.3) is 10.9 Å². The number of carboxylic acid groups (broad SMARTS) is 1. The molecule has 0 aliphatic carbocycles.